The van der Waals surface area contributed by atoms with Gasteiger partial charge in [0, 0.05) is 5.56 Å². The quantitative estimate of drug-likeness (QED) is 0.720. The first-order valence-corrected chi connectivity index (χ1v) is 7.74. The Balaban J connectivity index is 1.64. The monoisotopic (exact) mass is 347 g/mol. The molecule has 128 valence electrons. The highest BCUT2D eigenvalue weighted by Gasteiger charge is 2.30. The number of nitrogens with zero attached hydrogens (tertiary/aromatic N) is 4. The fourth-order valence-electron chi connectivity index (χ4n) is 2.68. The lowest BCUT2D eigenvalue weighted by molar-refractivity contribution is 0.0991. The van der Waals surface area contributed by atoms with E-state index in [0.29, 0.717) is 11.4 Å². The van der Waals surface area contributed by atoms with Crippen molar-refractivity contribution in [2.24, 2.45) is 12.8 Å². The molecule has 0 spiro atoms. The zero-order valence-electron chi connectivity index (χ0n) is 13.7. The second-order valence-corrected chi connectivity index (χ2v) is 5.71. The number of para-hydroxylation sites is 1. The predicted octanol–water partition coefficient (Wildman–Crippen LogP) is 1.59. The van der Waals surface area contributed by atoms with Gasteiger partial charge in [-0.15, -0.1) is 10.2 Å². The number of rotatable bonds is 3. The van der Waals surface area contributed by atoms with Crippen molar-refractivity contribution in [3.8, 4) is 17.1 Å². The highest BCUT2D eigenvalue weighted by molar-refractivity contribution is 6.16. The molecule has 1 aromatic heterocycles. The van der Waals surface area contributed by atoms with E-state index in [-0.39, 0.29) is 22.9 Å². The summed E-state index contributed by atoms with van der Waals surface area (Å²) in [5.74, 6) is -0.0754. The number of carbonyl (C=O) groups is 2. The summed E-state index contributed by atoms with van der Waals surface area (Å²) >= 11 is 0. The molecule has 0 saturated carbocycles. The lowest BCUT2D eigenvalue weighted by Gasteiger charge is -2.03. The number of tetrazole rings is 1. The number of ether oxygens (including phenoxy) is 1. The molecule has 0 saturated heterocycles. The average molecular weight is 347 g/mol. The largest absolute Gasteiger partial charge is 0.452 e. The van der Waals surface area contributed by atoms with Crippen LogP contribution in [0, 0.1) is 0 Å². The predicted molar refractivity (Wildman–Crippen MR) is 92.1 cm³/mol. The molecule has 2 N–H and O–H groups in total. The summed E-state index contributed by atoms with van der Waals surface area (Å²) in [5.41, 5.74) is 7.41. The van der Waals surface area contributed by atoms with E-state index >= 15 is 0 Å². The van der Waals surface area contributed by atoms with E-state index in [4.69, 9.17) is 10.5 Å². The summed E-state index contributed by atoms with van der Waals surface area (Å²) in [5, 5.41) is 11.9. The molecule has 8 heteroatoms. The third kappa shape index (κ3) is 2.63. The van der Waals surface area contributed by atoms with Gasteiger partial charge in [0.15, 0.2) is 11.5 Å². The number of allylic oxidation sites excluding steroid dienone is 1. The third-order valence-corrected chi connectivity index (χ3v) is 3.94. The van der Waals surface area contributed by atoms with Crippen LogP contribution < -0.4 is 10.5 Å². The number of benzene rings is 2. The number of ketones is 1. The van der Waals surface area contributed by atoms with E-state index in [1.807, 2.05) is 24.3 Å². The van der Waals surface area contributed by atoms with E-state index in [2.05, 4.69) is 15.4 Å². The molecular formula is C18H13N5O3. The molecule has 26 heavy (non-hydrogen) atoms. The molecule has 8 nitrogen and oxygen atoms in total. The Morgan fingerprint density at radius 3 is 2.62 bits per heavy atom. The van der Waals surface area contributed by atoms with Crippen molar-refractivity contribution in [2.45, 2.75) is 0 Å². The van der Waals surface area contributed by atoms with Crippen molar-refractivity contribution < 1.29 is 14.3 Å². The number of aryl methyl sites for hydroxylation is 1. The number of Topliss-reactive ketones (excluding diaryl/α,β-unsaturated/α-hetero) is 1. The Morgan fingerprint density at radius 2 is 1.96 bits per heavy atom. The van der Waals surface area contributed by atoms with Gasteiger partial charge in [-0.1, -0.05) is 30.3 Å². The Morgan fingerprint density at radius 1 is 1.19 bits per heavy atom. The number of primary amides is 1. The second-order valence-electron chi connectivity index (χ2n) is 5.71. The number of hydrogen-bond donors (Lipinski definition) is 1. The maximum atomic E-state index is 12.5. The molecule has 2 heterocycles. The first kappa shape index (κ1) is 15.7. The van der Waals surface area contributed by atoms with Gasteiger partial charge in [0.2, 0.25) is 11.6 Å². The molecule has 0 unspecified atom stereocenters. The Kier molecular flexibility index (Phi) is 3.58. The summed E-state index contributed by atoms with van der Waals surface area (Å²) in [7, 11) is 1.69. The van der Waals surface area contributed by atoms with Crippen molar-refractivity contribution in [3.05, 3.63) is 64.9 Å². The SMILES string of the molecule is Cn1nnc(-c2ccc(/C=C3\Oc4c(C(N)=O)cccc4C3=O)cc2)n1. The highest BCUT2D eigenvalue weighted by Crippen LogP contribution is 2.35. The van der Waals surface area contributed by atoms with Crippen molar-refractivity contribution in [1.82, 2.24) is 20.2 Å². The Hall–Kier alpha value is -3.81. The smallest absolute Gasteiger partial charge is 0.252 e. The van der Waals surface area contributed by atoms with E-state index in [1.54, 1.807) is 25.3 Å². The number of amides is 1. The van der Waals surface area contributed by atoms with E-state index < -0.39 is 5.91 Å². The number of aromatic nitrogens is 4. The topological polar surface area (TPSA) is 113 Å². The minimum atomic E-state index is -0.642. The van der Waals surface area contributed by atoms with Gasteiger partial charge in [0.25, 0.3) is 5.91 Å². The van der Waals surface area contributed by atoms with Gasteiger partial charge in [-0.05, 0) is 29.0 Å². The molecule has 1 amide bonds. The van der Waals surface area contributed by atoms with Crippen LogP contribution in [0.3, 0.4) is 0 Å². The lowest BCUT2D eigenvalue weighted by atomic mass is 10.1. The average Bonchev–Trinajstić information content (AvgIpc) is 3.20. The maximum Gasteiger partial charge on any atom is 0.252 e. The van der Waals surface area contributed by atoms with Gasteiger partial charge in [-0.3, -0.25) is 9.59 Å². The van der Waals surface area contributed by atoms with Crippen LogP contribution in [0.1, 0.15) is 26.3 Å². The summed E-state index contributed by atoms with van der Waals surface area (Å²) in [4.78, 5) is 25.4. The molecular weight excluding hydrogens is 334 g/mol. The minimum Gasteiger partial charge on any atom is -0.452 e. The van der Waals surface area contributed by atoms with Gasteiger partial charge >= 0.3 is 0 Å². The Labute approximate surface area is 147 Å². The number of fused-ring (bicyclic) bond motifs is 1. The fourth-order valence-corrected chi connectivity index (χ4v) is 2.68. The number of carbonyl (C=O) groups excluding carboxylic acids is 2. The fraction of sp³-hybridized carbons (Fsp3) is 0.0556. The summed E-state index contributed by atoms with van der Waals surface area (Å²) in [6.07, 6.45) is 1.61. The molecule has 1 aliphatic heterocycles. The van der Waals surface area contributed by atoms with Gasteiger partial charge < -0.3 is 10.5 Å². The minimum absolute atomic E-state index is 0.138. The van der Waals surface area contributed by atoms with Crippen LogP contribution in [0.25, 0.3) is 17.5 Å². The number of hydrogen-bond acceptors (Lipinski definition) is 6. The normalized spacial score (nSPS) is 14.3. The summed E-state index contributed by atoms with van der Waals surface area (Å²) < 4.78 is 5.61. The standard InChI is InChI=1S/C18H13N5O3/c1-23-21-18(20-22-23)11-7-5-10(6-8-11)9-14-15(24)12-3-2-4-13(17(19)25)16(12)26-14/h2-9H,1H3,(H2,19,25)/b14-9-. The first-order valence-electron chi connectivity index (χ1n) is 7.74. The van der Waals surface area contributed by atoms with Gasteiger partial charge in [-0.25, -0.2) is 0 Å². The highest BCUT2D eigenvalue weighted by atomic mass is 16.5. The lowest BCUT2D eigenvalue weighted by Crippen LogP contribution is -2.11. The maximum absolute atomic E-state index is 12.5. The van der Waals surface area contributed by atoms with E-state index in [0.717, 1.165) is 11.1 Å². The molecule has 0 fully saturated rings. The van der Waals surface area contributed by atoms with Crippen molar-refractivity contribution in [2.75, 3.05) is 0 Å². The molecule has 0 aliphatic carbocycles. The summed E-state index contributed by atoms with van der Waals surface area (Å²) in [6, 6.07) is 12.0. The molecule has 4 rings (SSSR count). The zero-order chi connectivity index (χ0) is 18.3. The molecule has 0 bridgehead atoms. The van der Waals surface area contributed by atoms with Crippen LogP contribution in [-0.2, 0) is 7.05 Å². The van der Waals surface area contributed by atoms with Crippen LogP contribution in [0.15, 0.2) is 48.2 Å². The van der Waals surface area contributed by atoms with Crippen LogP contribution in [0.4, 0.5) is 0 Å². The van der Waals surface area contributed by atoms with E-state index in [1.165, 1.54) is 10.9 Å². The molecule has 0 atom stereocenters. The molecule has 0 radical (unpaired) electrons. The van der Waals surface area contributed by atoms with Crippen molar-refractivity contribution >= 4 is 17.8 Å². The van der Waals surface area contributed by atoms with Crippen molar-refractivity contribution in [3.63, 3.8) is 0 Å². The zero-order valence-corrected chi connectivity index (χ0v) is 13.7. The van der Waals surface area contributed by atoms with Crippen LogP contribution in [0.5, 0.6) is 5.75 Å². The van der Waals surface area contributed by atoms with Crippen LogP contribution >= 0.6 is 0 Å². The number of nitrogens with two attached hydrogens (primary N) is 1. The Bertz CT molecular complexity index is 1070. The summed E-state index contributed by atoms with van der Waals surface area (Å²) in [6.45, 7) is 0. The van der Waals surface area contributed by atoms with Crippen LogP contribution in [0.2, 0.25) is 0 Å². The van der Waals surface area contributed by atoms with Gasteiger partial charge in [0.05, 0.1) is 18.2 Å². The first-order chi connectivity index (χ1) is 12.5. The van der Waals surface area contributed by atoms with Crippen LogP contribution in [-0.4, -0.2) is 31.9 Å². The van der Waals surface area contributed by atoms with E-state index in [9.17, 15) is 9.59 Å². The second kappa shape index (κ2) is 5.92. The molecule has 1 aliphatic rings. The van der Waals surface area contributed by atoms with Gasteiger partial charge in [-0.2, -0.15) is 4.80 Å². The van der Waals surface area contributed by atoms with Gasteiger partial charge in [0.1, 0.15) is 0 Å². The van der Waals surface area contributed by atoms with Crippen molar-refractivity contribution in [1.29, 1.82) is 0 Å². The molecule has 3 aromatic rings. The molecule has 2 aromatic carbocycles. The third-order valence-electron chi connectivity index (χ3n) is 3.94.